The summed E-state index contributed by atoms with van der Waals surface area (Å²) in [4.78, 5) is 39.1. The van der Waals surface area contributed by atoms with Crippen molar-refractivity contribution in [1.29, 1.82) is 0 Å². The lowest BCUT2D eigenvalue weighted by Gasteiger charge is -2.22. The fourth-order valence-corrected chi connectivity index (χ4v) is 7.64. The van der Waals surface area contributed by atoms with Gasteiger partial charge in [-0.2, -0.15) is 0 Å². The molecule has 0 fully saturated rings. The van der Waals surface area contributed by atoms with Crippen LogP contribution in [0, 0.1) is 11.6 Å². The zero-order valence-electron chi connectivity index (χ0n) is 33.8. The van der Waals surface area contributed by atoms with Crippen LogP contribution in [-0.2, 0) is 49.6 Å². The van der Waals surface area contributed by atoms with Gasteiger partial charge in [-0.15, -0.1) is 0 Å². The van der Waals surface area contributed by atoms with Crippen LogP contribution in [0.1, 0.15) is 62.3 Å². The van der Waals surface area contributed by atoms with Gasteiger partial charge in [0.2, 0.25) is 4.90 Å². The highest BCUT2D eigenvalue weighted by Gasteiger charge is 2.38. The van der Waals surface area contributed by atoms with Crippen molar-refractivity contribution in [2.75, 3.05) is 19.8 Å². The standard InChI is InChI=1S/C36H45O9S.C6H4F2O3S/c1-34(2,3)43-30(37)22-40-25-20-28(41-23-31(38)44-35(4,5)6)33(29(21-25)42-24-32(39)45-36(7,8)9)46(26-16-12-10-13-17-26)27-18-14-11-15-19-27;7-4-2-1-3-5(8)6(4)12(9,10)11/h10-21H,22-24H2,1-9H3;1-3H,(H,9,10,11)/q+1;/p-1. The minimum Gasteiger partial charge on any atom is -0.744 e. The summed E-state index contributed by atoms with van der Waals surface area (Å²) >= 11 is 0. The largest absolute Gasteiger partial charge is 0.744 e. The first-order chi connectivity index (χ1) is 26.8. The van der Waals surface area contributed by atoms with E-state index in [0.29, 0.717) is 17.0 Å². The maximum atomic E-state index is 12.8. The lowest BCUT2D eigenvalue weighted by atomic mass is 10.2. The molecule has 12 nitrogen and oxygen atoms in total. The average Bonchev–Trinajstić information content (AvgIpc) is 3.08. The monoisotopic (exact) mass is 846 g/mol. The van der Waals surface area contributed by atoms with Crippen molar-refractivity contribution in [2.45, 2.75) is 98.7 Å². The molecule has 58 heavy (non-hydrogen) atoms. The number of carbonyl (C=O) groups is 3. The predicted octanol–water partition coefficient (Wildman–Crippen LogP) is 7.81. The second-order valence-corrected chi connectivity index (χ2v) is 18.6. The molecule has 0 N–H and O–H groups in total. The Kier molecular flexibility index (Phi) is 16.3. The molecule has 0 aliphatic heterocycles. The zero-order chi connectivity index (χ0) is 43.5. The van der Waals surface area contributed by atoms with E-state index >= 15 is 0 Å². The van der Waals surface area contributed by atoms with Crippen LogP contribution in [0.2, 0.25) is 0 Å². The molecule has 0 unspecified atom stereocenters. The van der Waals surface area contributed by atoms with Gasteiger partial charge in [0.05, 0.1) is 0 Å². The van der Waals surface area contributed by atoms with Crippen molar-refractivity contribution >= 4 is 38.9 Å². The molecule has 0 spiro atoms. The number of ether oxygens (including phenoxy) is 6. The smallest absolute Gasteiger partial charge is 0.344 e. The Morgan fingerprint density at radius 1 is 0.569 bits per heavy atom. The second kappa shape index (κ2) is 20.0. The zero-order valence-corrected chi connectivity index (χ0v) is 35.4. The lowest BCUT2D eigenvalue weighted by Crippen LogP contribution is -2.28. The Morgan fingerprint density at radius 2 is 0.914 bits per heavy atom. The number of carbonyl (C=O) groups excluding carboxylic acids is 3. The molecule has 0 saturated heterocycles. The van der Waals surface area contributed by atoms with E-state index in [0.717, 1.165) is 15.9 Å². The first-order valence-corrected chi connectivity index (χ1v) is 20.4. The topological polar surface area (TPSA) is 164 Å². The van der Waals surface area contributed by atoms with Crippen LogP contribution in [0.25, 0.3) is 0 Å². The molecule has 0 aromatic heterocycles. The van der Waals surface area contributed by atoms with Crippen molar-refractivity contribution in [1.82, 2.24) is 0 Å². The van der Waals surface area contributed by atoms with Gasteiger partial charge in [-0.3, -0.25) is 0 Å². The van der Waals surface area contributed by atoms with Crippen molar-refractivity contribution in [2.24, 2.45) is 0 Å². The molecule has 0 aliphatic carbocycles. The number of benzene rings is 4. The highest BCUT2D eigenvalue weighted by atomic mass is 32.2. The third-order valence-corrected chi connectivity index (χ3v) is 9.82. The minimum absolute atomic E-state index is 0.206. The van der Waals surface area contributed by atoms with Crippen LogP contribution in [0.5, 0.6) is 17.2 Å². The maximum absolute atomic E-state index is 12.8. The van der Waals surface area contributed by atoms with Gasteiger partial charge in [0.1, 0.15) is 60.1 Å². The van der Waals surface area contributed by atoms with E-state index in [2.05, 4.69) is 0 Å². The predicted molar refractivity (Wildman–Crippen MR) is 210 cm³/mol. The van der Waals surface area contributed by atoms with Gasteiger partial charge in [0.25, 0.3) is 0 Å². The molecule has 0 saturated carbocycles. The van der Waals surface area contributed by atoms with Crippen molar-refractivity contribution in [3.63, 3.8) is 0 Å². The number of esters is 3. The molecule has 4 aromatic rings. The number of hydrogen-bond donors (Lipinski definition) is 0. The Labute approximate surface area is 340 Å². The summed E-state index contributed by atoms with van der Waals surface area (Å²) < 4.78 is 90.3. The molecular formula is C42H48F2O12S2. The van der Waals surface area contributed by atoms with Crippen molar-refractivity contribution in [3.8, 4) is 17.2 Å². The van der Waals surface area contributed by atoms with E-state index in [-0.39, 0.29) is 17.2 Å². The molecule has 314 valence electrons. The van der Waals surface area contributed by atoms with Crippen LogP contribution < -0.4 is 14.2 Å². The quantitative estimate of drug-likeness (QED) is 0.0556. The Morgan fingerprint density at radius 3 is 1.22 bits per heavy atom. The molecule has 0 aliphatic rings. The van der Waals surface area contributed by atoms with Crippen molar-refractivity contribution < 1.29 is 64.6 Å². The molecule has 4 rings (SSSR count). The molecule has 0 bridgehead atoms. The van der Waals surface area contributed by atoms with E-state index in [4.69, 9.17) is 28.4 Å². The highest BCUT2D eigenvalue weighted by Crippen LogP contribution is 2.45. The third-order valence-electron chi connectivity index (χ3n) is 6.63. The van der Waals surface area contributed by atoms with Crippen LogP contribution in [0.15, 0.2) is 111 Å². The molecular weight excluding hydrogens is 799 g/mol. The van der Waals surface area contributed by atoms with E-state index < -0.39 is 92.1 Å². The van der Waals surface area contributed by atoms with Gasteiger partial charge in [-0.1, -0.05) is 42.5 Å². The Hall–Kier alpha value is -5.19. The number of rotatable bonds is 13. The normalized spacial score (nSPS) is 11.8. The van der Waals surface area contributed by atoms with Crippen LogP contribution in [0.3, 0.4) is 0 Å². The third kappa shape index (κ3) is 16.0. The lowest BCUT2D eigenvalue weighted by molar-refractivity contribution is -0.158. The molecule has 0 atom stereocenters. The van der Waals surface area contributed by atoms with E-state index in [1.807, 2.05) is 60.7 Å². The molecule has 0 radical (unpaired) electrons. The van der Waals surface area contributed by atoms with Gasteiger partial charge in [0.15, 0.2) is 41.1 Å². The van der Waals surface area contributed by atoms with Gasteiger partial charge < -0.3 is 33.0 Å². The van der Waals surface area contributed by atoms with Crippen LogP contribution in [-0.4, -0.2) is 67.5 Å². The van der Waals surface area contributed by atoms with E-state index in [1.165, 1.54) is 0 Å². The number of halogens is 2. The minimum atomic E-state index is -5.06. The summed E-state index contributed by atoms with van der Waals surface area (Å²) in [7, 11) is -5.91. The summed E-state index contributed by atoms with van der Waals surface area (Å²) in [5.74, 6) is -3.75. The number of hydrogen-bond acceptors (Lipinski definition) is 12. The van der Waals surface area contributed by atoms with Crippen LogP contribution in [0.4, 0.5) is 8.78 Å². The Bertz CT molecular complexity index is 2010. The molecule has 0 amide bonds. The summed E-state index contributed by atoms with van der Waals surface area (Å²) in [5, 5.41) is 0. The Balaban J connectivity index is 0.000000639. The van der Waals surface area contributed by atoms with Gasteiger partial charge >= 0.3 is 17.9 Å². The fourth-order valence-electron chi connectivity index (χ4n) is 4.79. The summed E-state index contributed by atoms with van der Waals surface area (Å²) in [6, 6.07) is 25.1. The summed E-state index contributed by atoms with van der Waals surface area (Å²) in [6.45, 7) is 14.7. The molecule has 16 heteroatoms. The van der Waals surface area contributed by atoms with Crippen molar-refractivity contribution in [3.05, 3.63) is 103 Å². The fraction of sp³-hybridized carbons (Fsp3) is 0.357. The molecule has 0 heterocycles. The SMILES string of the molecule is CC(C)(C)OC(=O)COc1cc(OCC(=O)OC(C)(C)C)c([S+](c2ccccc2)c2ccccc2)c(OCC(=O)OC(C)(C)C)c1.O=S(=O)([O-])c1c(F)cccc1F. The van der Waals surface area contributed by atoms with E-state index in [9.17, 15) is 36.1 Å². The van der Waals surface area contributed by atoms with Gasteiger partial charge in [-0.05, 0) is 98.7 Å². The first-order valence-electron chi connectivity index (χ1n) is 17.8. The summed E-state index contributed by atoms with van der Waals surface area (Å²) in [5.41, 5.74) is -2.14. The summed E-state index contributed by atoms with van der Waals surface area (Å²) in [6.07, 6.45) is 0. The maximum Gasteiger partial charge on any atom is 0.344 e. The van der Waals surface area contributed by atoms with Crippen LogP contribution >= 0.6 is 0 Å². The van der Waals surface area contributed by atoms with E-state index in [1.54, 1.807) is 74.4 Å². The molecule has 4 aromatic carbocycles. The van der Waals surface area contributed by atoms with Gasteiger partial charge in [0, 0.05) is 12.1 Å². The average molecular weight is 847 g/mol. The van der Waals surface area contributed by atoms with Gasteiger partial charge in [-0.25, -0.2) is 31.6 Å². The second-order valence-electron chi connectivity index (χ2n) is 15.3. The first kappa shape index (κ1) is 47.2. The highest BCUT2D eigenvalue weighted by molar-refractivity contribution is 7.97.